The number of fused-ring (bicyclic) bond motifs is 1. The van der Waals surface area contributed by atoms with Crippen LogP contribution in [0.25, 0.3) is 0 Å². The summed E-state index contributed by atoms with van der Waals surface area (Å²) in [5, 5.41) is 5.15. The van der Waals surface area contributed by atoms with Gasteiger partial charge in [-0.25, -0.2) is 0 Å². The van der Waals surface area contributed by atoms with Crippen LogP contribution >= 0.6 is 27.3 Å². The van der Waals surface area contributed by atoms with Gasteiger partial charge >= 0.3 is 4.87 Å². The largest absolute Gasteiger partial charge is 0.488 e. The Hall–Kier alpha value is -1.11. The number of rotatable bonds is 4. The van der Waals surface area contributed by atoms with E-state index in [0.29, 0.717) is 6.54 Å². The van der Waals surface area contributed by atoms with Crippen molar-refractivity contribution in [1.29, 1.82) is 0 Å². The highest BCUT2D eigenvalue weighted by Crippen LogP contribution is 2.30. The number of benzene rings is 1. The maximum atomic E-state index is 11.0. The van der Waals surface area contributed by atoms with Crippen LogP contribution < -0.4 is 14.9 Å². The molecule has 1 aromatic heterocycles. The van der Waals surface area contributed by atoms with E-state index >= 15 is 0 Å². The average Bonchev–Trinajstić information content (AvgIpc) is 2.95. The Labute approximate surface area is 122 Å². The van der Waals surface area contributed by atoms with Gasteiger partial charge in [0.05, 0.1) is 0 Å². The Bertz CT molecular complexity index is 638. The van der Waals surface area contributed by atoms with E-state index in [9.17, 15) is 4.79 Å². The fraction of sp³-hybridized carbons (Fsp3) is 0.308. The van der Waals surface area contributed by atoms with Gasteiger partial charge in [0.25, 0.3) is 0 Å². The number of nitrogens with one attached hydrogen (secondary N) is 2. The summed E-state index contributed by atoms with van der Waals surface area (Å²) >= 11 is 4.66. The van der Waals surface area contributed by atoms with Crippen LogP contribution in [0.3, 0.4) is 0 Å². The minimum absolute atomic E-state index is 0.00817. The molecule has 0 bridgehead atoms. The summed E-state index contributed by atoms with van der Waals surface area (Å²) in [6, 6.07) is 6.09. The first-order valence-corrected chi connectivity index (χ1v) is 7.70. The number of halogens is 1. The van der Waals surface area contributed by atoms with Crippen LogP contribution in [0.15, 0.2) is 32.8 Å². The van der Waals surface area contributed by atoms with Crippen molar-refractivity contribution in [2.24, 2.45) is 0 Å². The Kier molecular flexibility index (Phi) is 3.72. The Balaban J connectivity index is 1.52. The molecular formula is C13H13BrN2O2S. The molecule has 1 unspecified atom stereocenters. The Morgan fingerprint density at radius 3 is 3.21 bits per heavy atom. The summed E-state index contributed by atoms with van der Waals surface area (Å²) in [5.74, 6) is 0.971. The third-order valence-corrected chi connectivity index (χ3v) is 4.23. The molecule has 4 nitrogen and oxygen atoms in total. The number of H-pyrrole nitrogens is 1. The summed E-state index contributed by atoms with van der Waals surface area (Å²) in [5.41, 5.74) is 2.17. The van der Waals surface area contributed by atoms with E-state index in [-0.39, 0.29) is 11.0 Å². The first kappa shape index (κ1) is 12.9. The van der Waals surface area contributed by atoms with Crippen molar-refractivity contribution in [1.82, 2.24) is 10.3 Å². The molecule has 0 saturated heterocycles. The van der Waals surface area contributed by atoms with Crippen LogP contribution in [0.2, 0.25) is 0 Å². The fourth-order valence-corrected chi connectivity index (χ4v) is 3.16. The van der Waals surface area contributed by atoms with Crippen molar-refractivity contribution >= 4 is 27.3 Å². The molecule has 6 heteroatoms. The Morgan fingerprint density at radius 1 is 1.53 bits per heavy atom. The van der Waals surface area contributed by atoms with E-state index in [0.717, 1.165) is 28.9 Å². The van der Waals surface area contributed by atoms with Gasteiger partial charge in [-0.15, -0.1) is 0 Å². The van der Waals surface area contributed by atoms with E-state index in [1.165, 1.54) is 16.9 Å². The maximum absolute atomic E-state index is 11.0. The van der Waals surface area contributed by atoms with E-state index in [1.54, 1.807) is 0 Å². The van der Waals surface area contributed by atoms with Crippen LogP contribution in [0.5, 0.6) is 5.75 Å². The fourth-order valence-electron chi connectivity index (χ4n) is 2.17. The third kappa shape index (κ3) is 3.08. The first-order valence-electron chi connectivity index (χ1n) is 6.03. The zero-order valence-electron chi connectivity index (χ0n) is 10.1. The highest BCUT2D eigenvalue weighted by Gasteiger charge is 2.22. The lowest BCUT2D eigenvalue weighted by molar-refractivity contribution is 0.227. The molecule has 100 valence electrons. The summed E-state index contributed by atoms with van der Waals surface area (Å²) in [6.07, 6.45) is 1.08. The normalized spacial score (nSPS) is 17.2. The monoisotopic (exact) mass is 340 g/mol. The third-order valence-electron chi connectivity index (χ3n) is 3.02. The molecule has 3 rings (SSSR count). The molecule has 2 heterocycles. The molecular weight excluding hydrogens is 328 g/mol. The van der Waals surface area contributed by atoms with Crippen molar-refractivity contribution in [2.45, 2.75) is 19.1 Å². The van der Waals surface area contributed by atoms with Crippen molar-refractivity contribution < 1.29 is 4.74 Å². The zero-order valence-corrected chi connectivity index (χ0v) is 12.5. The van der Waals surface area contributed by atoms with Gasteiger partial charge in [-0.1, -0.05) is 27.3 Å². The molecule has 1 aliphatic heterocycles. The second-order valence-electron chi connectivity index (χ2n) is 4.50. The molecule has 19 heavy (non-hydrogen) atoms. The van der Waals surface area contributed by atoms with E-state index in [1.807, 2.05) is 17.5 Å². The smallest absolute Gasteiger partial charge is 0.304 e. The minimum Gasteiger partial charge on any atom is -0.488 e. The summed E-state index contributed by atoms with van der Waals surface area (Å²) in [4.78, 5) is 13.8. The van der Waals surface area contributed by atoms with E-state index < -0.39 is 0 Å². The number of hydrogen-bond donors (Lipinski definition) is 2. The molecule has 1 aromatic carbocycles. The Morgan fingerprint density at radius 2 is 2.42 bits per heavy atom. The van der Waals surface area contributed by atoms with Gasteiger partial charge in [0.1, 0.15) is 11.9 Å². The maximum Gasteiger partial charge on any atom is 0.304 e. The topological polar surface area (TPSA) is 54.1 Å². The molecule has 0 fully saturated rings. The van der Waals surface area contributed by atoms with Crippen molar-refractivity contribution in [2.75, 3.05) is 6.54 Å². The second kappa shape index (κ2) is 5.48. The van der Waals surface area contributed by atoms with Gasteiger partial charge in [0, 0.05) is 35.1 Å². The second-order valence-corrected chi connectivity index (χ2v) is 6.26. The number of hydrogen-bond acceptors (Lipinski definition) is 4. The van der Waals surface area contributed by atoms with Crippen LogP contribution in [0.4, 0.5) is 0 Å². The molecule has 0 saturated carbocycles. The number of aromatic nitrogens is 1. The summed E-state index contributed by atoms with van der Waals surface area (Å²) in [7, 11) is 0. The van der Waals surface area contributed by atoms with E-state index in [2.05, 4.69) is 32.3 Å². The lowest BCUT2D eigenvalue weighted by Gasteiger charge is -2.11. The molecule has 0 spiro atoms. The highest BCUT2D eigenvalue weighted by atomic mass is 79.9. The highest BCUT2D eigenvalue weighted by molar-refractivity contribution is 9.10. The van der Waals surface area contributed by atoms with E-state index in [4.69, 9.17) is 4.74 Å². The molecule has 0 radical (unpaired) electrons. The quantitative estimate of drug-likeness (QED) is 0.897. The van der Waals surface area contributed by atoms with Crippen LogP contribution in [-0.2, 0) is 13.0 Å². The SMILES string of the molecule is O=c1[nH]c(CNCC2Cc3cc(Br)ccc3O2)cs1. The van der Waals surface area contributed by atoms with Crippen molar-refractivity contribution in [3.05, 3.63) is 49.0 Å². The number of ether oxygens (including phenoxy) is 1. The van der Waals surface area contributed by atoms with Crippen LogP contribution in [0.1, 0.15) is 11.3 Å². The predicted molar refractivity (Wildman–Crippen MR) is 78.9 cm³/mol. The predicted octanol–water partition coefficient (Wildman–Crippen LogP) is 2.29. The number of thiazole rings is 1. The summed E-state index contributed by atoms with van der Waals surface area (Å²) in [6.45, 7) is 1.43. The first-order chi connectivity index (χ1) is 9.20. The van der Waals surface area contributed by atoms with Gasteiger partial charge in [-0.05, 0) is 23.8 Å². The molecule has 2 aromatic rings. The van der Waals surface area contributed by atoms with Crippen molar-refractivity contribution in [3.63, 3.8) is 0 Å². The van der Waals surface area contributed by atoms with Crippen LogP contribution in [-0.4, -0.2) is 17.6 Å². The zero-order chi connectivity index (χ0) is 13.2. The molecule has 0 amide bonds. The van der Waals surface area contributed by atoms with Gasteiger partial charge < -0.3 is 15.0 Å². The lowest BCUT2D eigenvalue weighted by atomic mass is 10.1. The molecule has 1 aliphatic rings. The van der Waals surface area contributed by atoms with Gasteiger partial charge in [0.2, 0.25) is 0 Å². The van der Waals surface area contributed by atoms with Crippen molar-refractivity contribution in [3.8, 4) is 5.75 Å². The van der Waals surface area contributed by atoms with Gasteiger partial charge in [-0.3, -0.25) is 4.79 Å². The molecule has 1 atom stereocenters. The molecule has 0 aliphatic carbocycles. The van der Waals surface area contributed by atoms with Gasteiger partial charge in [0.15, 0.2) is 0 Å². The number of aromatic amines is 1. The standard InChI is InChI=1S/C13H13BrN2O2S/c14-9-1-2-12-8(3-9)4-11(18-12)6-15-5-10-7-19-13(17)16-10/h1-3,7,11,15H,4-6H2,(H,16,17). The molecule has 2 N–H and O–H groups in total. The van der Waals surface area contributed by atoms with Gasteiger partial charge in [-0.2, -0.15) is 0 Å². The minimum atomic E-state index is -0.00817. The average molecular weight is 341 g/mol. The van der Waals surface area contributed by atoms with Crippen LogP contribution in [0, 0.1) is 0 Å². The summed E-state index contributed by atoms with van der Waals surface area (Å²) < 4.78 is 6.94. The lowest BCUT2D eigenvalue weighted by Crippen LogP contribution is -2.29.